The molecule has 0 atom stereocenters. The molecule has 0 bridgehead atoms. The molecule has 7 heteroatoms. The van der Waals surface area contributed by atoms with E-state index < -0.39 is 0 Å². The van der Waals surface area contributed by atoms with Crippen LogP contribution in [0.5, 0.6) is 0 Å². The monoisotopic (exact) mass is 387 g/mol. The van der Waals surface area contributed by atoms with Gasteiger partial charge in [0.2, 0.25) is 0 Å². The van der Waals surface area contributed by atoms with Gasteiger partial charge in [0.15, 0.2) is 5.65 Å². The number of fused-ring (bicyclic) bond motifs is 3. The van der Waals surface area contributed by atoms with Gasteiger partial charge in [-0.25, -0.2) is 9.97 Å². The molecular weight excluding hydrogens is 362 g/mol. The molecule has 29 heavy (non-hydrogen) atoms. The van der Waals surface area contributed by atoms with Crippen molar-refractivity contribution in [2.45, 2.75) is 32.2 Å². The molecule has 6 rings (SSSR count). The molecule has 0 radical (unpaired) electrons. The fraction of sp³-hybridized carbons (Fsp3) is 0.409. The number of para-hydroxylation sites is 2. The van der Waals surface area contributed by atoms with Crippen LogP contribution in [-0.2, 0) is 19.4 Å². The van der Waals surface area contributed by atoms with E-state index in [9.17, 15) is 0 Å². The minimum absolute atomic E-state index is 0.445. The molecule has 1 fully saturated rings. The van der Waals surface area contributed by atoms with Gasteiger partial charge in [-0.15, -0.1) is 0 Å². The summed E-state index contributed by atoms with van der Waals surface area (Å²) in [6.45, 7) is 7.09. The van der Waals surface area contributed by atoms with Crippen molar-refractivity contribution < 1.29 is 0 Å². The predicted molar refractivity (Wildman–Crippen MR) is 114 cm³/mol. The SMILES string of the molecule is CCn1c(C2CN(c3c4c(nc5ccnn35)CCNCC4)C2)nc2ccccc21. The van der Waals surface area contributed by atoms with Gasteiger partial charge in [-0.2, -0.15) is 9.61 Å². The lowest BCUT2D eigenvalue weighted by Crippen LogP contribution is -2.47. The van der Waals surface area contributed by atoms with Crippen LogP contribution in [0.25, 0.3) is 16.7 Å². The van der Waals surface area contributed by atoms with Gasteiger partial charge < -0.3 is 14.8 Å². The Morgan fingerprint density at radius 1 is 1.07 bits per heavy atom. The molecule has 3 aromatic heterocycles. The Kier molecular flexibility index (Phi) is 3.84. The van der Waals surface area contributed by atoms with Gasteiger partial charge in [-0.3, -0.25) is 0 Å². The Labute approximate surface area is 169 Å². The molecular formula is C22H25N7. The van der Waals surface area contributed by atoms with E-state index in [0.29, 0.717) is 5.92 Å². The second kappa shape index (κ2) is 6.56. The summed E-state index contributed by atoms with van der Waals surface area (Å²) >= 11 is 0. The van der Waals surface area contributed by atoms with Crippen LogP contribution in [-0.4, -0.2) is 50.3 Å². The summed E-state index contributed by atoms with van der Waals surface area (Å²) in [7, 11) is 0. The van der Waals surface area contributed by atoms with Gasteiger partial charge in [-0.05, 0) is 32.0 Å². The van der Waals surface area contributed by atoms with Crippen LogP contribution in [0.4, 0.5) is 5.82 Å². The topological polar surface area (TPSA) is 63.3 Å². The van der Waals surface area contributed by atoms with Crippen LogP contribution < -0.4 is 10.2 Å². The fourth-order valence-corrected chi connectivity index (χ4v) is 4.89. The molecule has 0 unspecified atom stereocenters. The largest absolute Gasteiger partial charge is 0.355 e. The predicted octanol–water partition coefficient (Wildman–Crippen LogP) is 2.39. The second-order valence-corrected chi connectivity index (χ2v) is 8.02. The van der Waals surface area contributed by atoms with Crippen molar-refractivity contribution >= 4 is 22.5 Å². The lowest BCUT2D eigenvalue weighted by Gasteiger charge is -2.41. The van der Waals surface area contributed by atoms with E-state index in [4.69, 9.17) is 9.97 Å². The van der Waals surface area contributed by atoms with Gasteiger partial charge >= 0.3 is 0 Å². The smallest absolute Gasteiger partial charge is 0.157 e. The first-order valence-corrected chi connectivity index (χ1v) is 10.6. The fourth-order valence-electron chi connectivity index (χ4n) is 4.89. The number of aryl methyl sites for hydroxylation is 1. The van der Waals surface area contributed by atoms with Crippen molar-refractivity contribution in [2.75, 3.05) is 31.1 Å². The molecule has 1 aromatic carbocycles. The van der Waals surface area contributed by atoms with E-state index in [0.717, 1.165) is 56.7 Å². The Bertz CT molecular complexity index is 1200. The molecule has 1 N–H and O–H groups in total. The third-order valence-corrected chi connectivity index (χ3v) is 6.33. The van der Waals surface area contributed by atoms with E-state index in [-0.39, 0.29) is 0 Å². The lowest BCUT2D eigenvalue weighted by atomic mass is 9.97. The van der Waals surface area contributed by atoms with E-state index in [1.165, 1.54) is 28.4 Å². The molecule has 4 aromatic rings. The molecule has 5 heterocycles. The van der Waals surface area contributed by atoms with Crippen molar-refractivity contribution in [1.82, 2.24) is 29.5 Å². The Balaban J connectivity index is 1.38. The van der Waals surface area contributed by atoms with Gasteiger partial charge in [0.05, 0.1) is 28.8 Å². The number of hydrogen-bond acceptors (Lipinski definition) is 5. The Hall–Kier alpha value is -2.93. The summed E-state index contributed by atoms with van der Waals surface area (Å²) in [5.74, 6) is 2.89. The summed E-state index contributed by atoms with van der Waals surface area (Å²) in [5.41, 5.74) is 5.86. The number of anilines is 1. The van der Waals surface area contributed by atoms with Crippen LogP contribution in [0, 0.1) is 0 Å². The molecule has 0 amide bonds. The van der Waals surface area contributed by atoms with Crippen molar-refractivity contribution in [3.05, 3.63) is 53.6 Å². The number of aromatic nitrogens is 5. The standard InChI is InChI=1S/C22H25N7/c1-2-28-19-6-4-3-5-18(19)26-21(28)15-13-27(14-15)22-16-7-10-23-11-8-17(16)25-20-9-12-24-29(20)22/h3-6,9,12,15,23H,2,7-8,10-11,13-14H2,1H3. The van der Waals surface area contributed by atoms with E-state index >= 15 is 0 Å². The number of imidazole rings is 1. The summed E-state index contributed by atoms with van der Waals surface area (Å²) in [5, 5.41) is 8.10. The highest BCUT2D eigenvalue weighted by molar-refractivity contribution is 5.76. The molecule has 0 spiro atoms. The molecule has 0 saturated carbocycles. The van der Waals surface area contributed by atoms with E-state index in [1.54, 1.807) is 0 Å². The first-order chi connectivity index (χ1) is 14.3. The van der Waals surface area contributed by atoms with E-state index in [1.807, 2.05) is 16.8 Å². The van der Waals surface area contributed by atoms with Crippen molar-refractivity contribution in [2.24, 2.45) is 0 Å². The van der Waals surface area contributed by atoms with Crippen LogP contribution in [0.1, 0.15) is 29.9 Å². The van der Waals surface area contributed by atoms with Gasteiger partial charge in [0.1, 0.15) is 11.6 Å². The van der Waals surface area contributed by atoms with Gasteiger partial charge in [0, 0.05) is 44.2 Å². The van der Waals surface area contributed by atoms with E-state index in [2.05, 4.69) is 51.1 Å². The maximum Gasteiger partial charge on any atom is 0.157 e. The summed E-state index contributed by atoms with van der Waals surface area (Å²) in [4.78, 5) is 12.3. The minimum atomic E-state index is 0.445. The normalized spacial score (nSPS) is 17.5. The van der Waals surface area contributed by atoms with Crippen molar-refractivity contribution in [3.63, 3.8) is 0 Å². The van der Waals surface area contributed by atoms with Crippen LogP contribution >= 0.6 is 0 Å². The van der Waals surface area contributed by atoms with Gasteiger partial charge in [-0.1, -0.05) is 12.1 Å². The molecule has 0 aliphatic carbocycles. The highest BCUT2D eigenvalue weighted by Gasteiger charge is 2.35. The first-order valence-electron chi connectivity index (χ1n) is 10.6. The Morgan fingerprint density at radius 3 is 2.83 bits per heavy atom. The second-order valence-electron chi connectivity index (χ2n) is 8.02. The van der Waals surface area contributed by atoms with Crippen LogP contribution in [0.3, 0.4) is 0 Å². The van der Waals surface area contributed by atoms with Crippen LogP contribution in [0.2, 0.25) is 0 Å². The maximum absolute atomic E-state index is 4.98. The van der Waals surface area contributed by atoms with Crippen molar-refractivity contribution in [1.29, 1.82) is 0 Å². The molecule has 2 aliphatic heterocycles. The zero-order chi connectivity index (χ0) is 19.4. The first kappa shape index (κ1) is 17.0. The molecule has 7 nitrogen and oxygen atoms in total. The summed E-state index contributed by atoms with van der Waals surface area (Å²) in [6.07, 6.45) is 3.84. The average molecular weight is 387 g/mol. The third kappa shape index (κ3) is 2.57. The van der Waals surface area contributed by atoms with Crippen molar-refractivity contribution in [3.8, 4) is 0 Å². The summed E-state index contributed by atoms with van der Waals surface area (Å²) < 4.78 is 4.40. The number of rotatable bonds is 3. The Morgan fingerprint density at radius 2 is 1.93 bits per heavy atom. The number of hydrogen-bond donors (Lipinski definition) is 1. The lowest BCUT2D eigenvalue weighted by molar-refractivity contribution is 0.473. The van der Waals surface area contributed by atoms with Gasteiger partial charge in [0.25, 0.3) is 0 Å². The van der Waals surface area contributed by atoms with Crippen LogP contribution in [0.15, 0.2) is 36.5 Å². The number of nitrogens with zero attached hydrogens (tertiary/aromatic N) is 6. The zero-order valence-electron chi connectivity index (χ0n) is 16.7. The highest BCUT2D eigenvalue weighted by atomic mass is 15.4. The third-order valence-electron chi connectivity index (χ3n) is 6.33. The zero-order valence-corrected chi connectivity index (χ0v) is 16.7. The number of benzene rings is 1. The molecule has 2 aliphatic rings. The molecule has 148 valence electrons. The molecule has 1 saturated heterocycles. The quantitative estimate of drug-likeness (QED) is 0.585. The minimum Gasteiger partial charge on any atom is -0.355 e. The average Bonchev–Trinajstić information content (AvgIpc) is 3.23. The maximum atomic E-state index is 4.98. The summed E-state index contributed by atoms with van der Waals surface area (Å²) in [6, 6.07) is 10.5. The highest BCUT2D eigenvalue weighted by Crippen LogP contribution is 2.36. The number of nitrogens with one attached hydrogen (secondary N) is 1.